The average molecular weight is 324 g/mol. The Morgan fingerprint density at radius 1 is 1.23 bits per heavy atom. The zero-order valence-electron chi connectivity index (χ0n) is 12.5. The molecule has 0 saturated carbocycles. The van der Waals surface area contributed by atoms with Crippen molar-refractivity contribution in [2.45, 2.75) is 32.6 Å². The monoisotopic (exact) mass is 324 g/mol. The number of amides is 2. The van der Waals surface area contributed by atoms with Crippen LogP contribution in [-0.4, -0.2) is 32.5 Å². The highest BCUT2D eigenvalue weighted by Crippen LogP contribution is 2.25. The number of nitrogens with one attached hydrogen (secondary N) is 1. The lowest BCUT2D eigenvalue weighted by atomic mass is 10.2. The molecule has 1 aromatic rings. The third-order valence-electron chi connectivity index (χ3n) is 3.51. The fourth-order valence-corrected chi connectivity index (χ4v) is 3.76. The molecule has 0 radical (unpaired) electrons. The van der Waals surface area contributed by atoms with Crippen molar-refractivity contribution in [2.24, 2.45) is 0 Å². The summed E-state index contributed by atoms with van der Waals surface area (Å²) in [5.74, 6) is -0.791. The lowest BCUT2D eigenvalue weighted by Gasteiger charge is -2.15. The summed E-state index contributed by atoms with van der Waals surface area (Å²) in [6.07, 6.45) is 3.08. The molecule has 2 rings (SSSR count). The zero-order chi connectivity index (χ0) is 16.2. The number of carbonyl (C=O) groups excluding carboxylic acids is 2. The van der Waals surface area contributed by atoms with Crippen LogP contribution in [0.1, 0.15) is 43.0 Å². The molecule has 0 aliphatic carbocycles. The summed E-state index contributed by atoms with van der Waals surface area (Å²) in [6, 6.07) is 6.04. The van der Waals surface area contributed by atoms with E-state index in [1.165, 1.54) is 24.3 Å². The number of unbranched alkanes of at least 4 members (excludes halogenated alkanes) is 2. The summed E-state index contributed by atoms with van der Waals surface area (Å²) in [6.45, 7) is 2.71. The van der Waals surface area contributed by atoms with Gasteiger partial charge < -0.3 is 5.32 Å². The van der Waals surface area contributed by atoms with Gasteiger partial charge in [-0.25, -0.2) is 12.7 Å². The van der Waals surface area contributed by atoms with Gasteiger partial charge in [-0.3, -0.25) is 9.59 Å². The molecule has 1 fully saturated rings. The molecule has 0 aromatic heterocycles. The minimum atomic E-state index is -3.56. The van der Waals surface area contributed by atoms with Gasteiger partial charge in [-0.15, -0.1) is 0 Å². The molecule has 22 heavy (non-hydrogen) atoms. The van der Waals surface area contributed by atoms with Gasteiger partial charge in [0.05, 0.1) is 11.4 Å². The summed E-state index contributed by atoms with van der Waals surface area (Å²) < 4.78 is 24.5. The Balaban J connectivity index is 2.04. The van der Waals surface area contributed by atoms with E-state index in [1.807, 2.05) is 0 Å². The second-order valence-electron chi connectivity index (χ2n) is 5.23. The second-order valence-corrected chi connectivity index (χ2v) is 7.17. The Bertz CT molecular complexity index is 653. The Hall–Kier alpha value is -1.89. The SMILES string of the molecule is CCCCCNC(=O)c1ccc(N2C(=O)CCS2(=O)=O)cc1. The Morgan fingerprint density at radius 2 is 1.91 bits per heavy atom. The molecule has 1 N–H and O–H groups in total. The van der Waals surface area contributed by atoms with Crippen molar-refractivity contribution in [3.8, 4) is 0 Å². The third-order valence-corrected chi connectivity index (χ3v) is 5.20. The molecule has 0 bridgehead atoms. The Morgan fingerprint density at radius 3 is 2.45 bits per heavy atom. The van der Waals surface area contributed by atoms with Gasteiger partial charge in [-0.1, -0.05) is 19.8 Å². The highest BCUT2D eigenvalue weighted by atomic mass is 32.2. The topological polar surface area (TPSA) is 83.6 Å². The summed E-state index contributed by atoms with van der Waals surface area (Å²) in [4.78, 5) is 23.6. The predicted octanol–water partition coefficient (Wildman–Crippen LogP) is 1.67. The van der Waals surface area contributed by atoms with Gasteiger partial charge in [0.15, 0.2) is 0 Å². The number of anilines is 1. The number of hydrogen-bond donors (Lipinski definition) is 1. The highest BCUT2D eigenvalue weighted by molar-refractivity contribution is 7.94. The number of rotatable bonds is 6. The molecule has 1 heterocycles. The minimum Gasteiger partial charge on any atom is -0.352 e. The van der Waals surface area contributed by atoms with E-state index in [0.717, 1.165) is 23.6 Å². The van der Waals surface area contributed by atoms with Crippen LogP contribution in [0.3, 0.4) is 0 Å². The summed E-state index contributed by atoms with van der Waals surface area (Å²) >= 11 is 0. The summed E-state index contributed by atoms with van der Waals surface area (Å²) in [7, 11) is -3.56. The number of hydrogen-bond acceptors (Lipinski definition) is 4. The van der Waals surface area contributed by atoms with Gasteiger partial charge in [0.1, 0.15) is 0 Å². The smallest absolute Gasteiger partial charge is 0.251 e. The normalized spacial score (nSPS) is 16.8. The lowest BCUT2D eigenvalue weighted by molar-refractivity contribution is -0.116. The van der Waals surface area contributed by atoms with E-state index in [0.29, 0.717) is 12.1 Å². The lowest BCUT2D eigenvalue weighted by Crippen LogP contribution is -2.29. The molecule has 6 nitrogen and oxygen atoms in total. The first-order valence-corrected chi connectivity index (χ1v) is 9.00. The van der Waals surface area contributed by atoms with E-state index in [2.05, 4.69) is 12.2 Å². The van der Waals surface area contributed by atoms with E-state index in [1.54, 1.807) is 0 Å². The van der Waals surface area contributed by atoms with Crippen LogP contribution in [0.15, 0.2) is 24.3 Å². The standard InChI is InChI=1S/C15H20N2O4S/c1-2-3-4-10-16-15(19)12-5-7-13(8-6-12)17-14(18)9-11-22(17,20)21/h5-8H,2-4,9-11H2,1H3,(H,16,19). The second kappa shape index (κ2) is 6.91. The van der Waals surface area contributed by atoms with E-state index in [9.17, 15) is 18.0 Å². The van der Waals surface area contributed by atoms with Gasteiger partial charge in [-0.2, -0.15) is 0 Å². The quantitative estimate of drug-likeness (QED) is 0.807. The third kappa shape index (κ3) is 3.65. The maximum atomic E-state index is 11.9. The molecule has 0 unspecified atom stereocenters. The average Bonchev–Trinajstić information content (AvgIpc) is 2.77. The van der Waals surface area contributed by atoms with Crippen LogP contribution in [-0.2, 0) is 14.8 Å². The van der Waals surface area contributed by atoms with Gasteiger partial charge in [0.25, 0.3) is 5.91 Å². The first-order chi connectivity index (χ1) is 10.5. The van der Waals surface area contributed by atoms with Crippen molar-refractivity contribution >= 4 is 27.5 Å². The van der Waals surface area contributed by atoms with E-state index in [4.69, 9.17) is 0 Å². The largest absolute Gasteiger partial charge is 0.352 e. The first kappa shape index (κ1) is 16.5. The predicted molar refractivity (Wildman–Crippen MR) is 84.2 cm³/mol. The van der Waals surface area contributed by atoms with Crippen LogP contribution < -0.4 is 9.62 Å². The van der Waals surface area contributed by atoms with E-state index in [-0.39, 0.29) is 23.8 Å². The van der Waals surface area contributed by atoms with Gasteiger partial charge in [0, 0.05) is 18.5 Å². The molecule has 120 valence electrons. The Kier molecular flexibility index (Phi) is 5.18. The van der Waals surface area contributed by atoms with Gasteiger partial charge >= 0.3 is 0 Å². The van der Waals surface area contributed by atoms with Crippen molar-refractivity contribution in [1.82, 2.24) is 5.32 Å². The maximum absolute atomic E-state index is 11.9. The molecule has 1 aromatic carbocycles. The van der Waals surface area contributed by atoms with Crippen molar-refractivity contribution < 1.29 is 18.0 Å². The molecule has 1 saturated heterocycles. The van der Waals surface area contributed by atoms with Crippen LogP contribution in [0.2, 0.25) is 0 Å². The zero-order valence-corrected chi connectivity index (χ0v) is 13.4. The van der Waals surface area contributed by atoms with Crippen LogP contribution in [0, 0.1) is 0 Å². The molecule has 2 amide bonds. The molecule has 1 aliphatic rings. The molecule has 0 spiro atoms. The van der Waals surface area contributed by atoms with Crippen molar-refractivity contribution in [3.05, 3.63) is 29.8 Å². The summed E-state index contributed by atoms with van der Waals surface area (Å²) in [5.41, 5.74) is 0.731. The maximum Gasteiger partial charge on any atom is 0.251 e. The van der Waals surface area contributed by atoms with E-state index < -0.39 is 15.9 Å². The Labute approximate surface area is 130 Å². The molecule has 1 aliphatic heterocycles. The molecule has 0 atom stereocenters. The molecular formula is C15H20N2O4S. The van der Waals surface area contributed by atoms with Crippen molar-refractivity contribution in [2.75, 3.05) is 16.6 Å². The minimum absolute atomic E-state index is 0.00198. The first-order valence-electron chi connectivity index (χ1n) is 7.40. The van der Waals surface area contributed by atoms with Crippen molar-refractivity contribution in [3.63, 3.8) is 0 Å². The molecule has 7 heteroatoms. The van der Waals surface area contributed by atoms with Crippen LogP contribution in [0.4, 0.5) is 5.69 Å². The molecular weight excluding hydrogens is 304 g/mol. The van der Waals surface area contributed by atoms with Crippen molar-refractivity contribution in [1.29, 1.82) is 0 Å². The van der Waals surface area contributed by atoms with Crippen LogP contribution >= 0.6 is 0 Å². The number of carbonyl (C=O) groups is 2. The number of nitrogens with zero attached hydrogens (tertiary/aromatic N) is 1. The number of benzene rings is 1. The van der Waals surface area contributed by atoms with Gasteiger partial charge in [-0.05, 0) is 30.7 Å². The van der Waals surface area contributed by atoms with Crippen LogP contribution in [0.5, 0.6) is 0 Å². The fourth-order valence-electron chi connectivity index (χ4n) is 2.30. The number of sulfonamides is 1. The van der Waals surface area contributed by atoms with Gasteiger partial charge in [0.2, 0.25) is 15.9 Å². The fraction of sp³-hybridized carbons (Fsp3) is 0.467. The van der Waals surface area contributed by atoms with Crippen LogP contribution in [0.25, 0.3) is 0 Å². The summed E-state index contributed by atoms with van der Waals surface area (Å²) in [5, 5.41) is 2.81. The highest BCUT2D eigenvalue weighted by Gasteiger charge is 2.36. The van der Waals surface area contributed by atoms with E-state index >= 15 is 0 Å².